The molecule has 0 saturated heterocycles. The molecular formula is C12H10N2O4S2. The maximum atomic E-state index is 10.6. The second-order valence-corrected chi connectivity index (χ2v) is 5.59. The SMILES string of the molecule is O=C(O)CSc1nc2ccccc2nc1CSC(=O)O. The van der Waals surface area contributed by atoms with Crippen molar-refractivity contribution in [3.8, 4) is 0 Å². The lowest BCUT2D eigenvalue weighted by atomic mass is 10.3. The average Bonchev–Trinajstić information content (AvgIpc) is 2.42. The molecule has 2 N–H and O–H groups in total. The van der Waals surface area contributed by atoms with Crippen LogP contribution in [0.1, 0.15) is 5.69 Å². The number of hydrogen-bond donors (Lipinski definition) is 2. The van der Waals surface area contributed by atoms with Crippen molar-refractivity contribution in [3.05, 3.63) is 30.0 Å². The largest absolute Gasteiger partial charge is 0.481 e. The molecule has 6 nitrogen and oxygen atoms in total. The molecule has 0 bridgehead atoms. The summed E-state index contributed by atoms with van der Waals surface area (Å²) in [7, 11) is 0. The van der Waals surface area contributed by atoms with Gasteiger partial charge in [0.25, 0.3) is 0 Å². The Kier molecular flexibility index (Phi) is 4.80. The van der Waals surface area contributed by atoms with Gasteiger partial charge >= 0.3 is 11.3 Å². The van der Waals surface area contributed by atoms with E-state index in [2.05, 4.69) is 9.97 Å². The van der Waals surface area contributed by atoms with Crippen molar-refractivity contribution in [1.29, 1.82) is 0 Å². The van der Waals surface area contributed by atoms with Crippen LogP contribution in [0.5, 0.6) is 0 Å². The molecule has 0 atom stereocenters. The van der Waals surface area contributed by atoms with E-state index in [4.69, 9.17) is 10.2 Å². The predicted molar refractivity (Wildman–Crippen MR) is 77.2 cm³/mol. The molecule has 0 spiro atoms. The molecule has 0 aliphatic carbocycles. The number of aliphatic carboxylic acids is 1. The lowest BCUT2D eigenvalue weighted by molar-refractivity contribution is -0.133. The van der Waals surface area contributed by atoms with Gasteiger partial charge in [-0.3, -0.25) is 4.79 Å². The standard InChI is InChI=1S/C12H10N2O4S2/c15-10(16)6-19-11-9(5-20-12(17)18)13-7-3-1-2-4-8(7)14-11/h1-4H,5-6H2,(H,15,16)(H,17,18). The molecule has 1 heterocycles. The Morgan fingerprint density at radius 3 is 2.35 bits per heavy atom. The summed E-state index contributed by atoms with van der Waals surface area (Å²) in [6.45, 7) is 0. The molecule has 1 aromatic heterocycles. The summed E-state index contributed by atoms with van der Waals surface area (Å²) in [6, 6.07) is 7.19. The van der Waals surface area contributed by atoms with Crippen molar-refractivity contribution < 1.29 is 19.8 Å². The number of benzene rings is 1. The van der Waals surface area contributed by atoms with E-state index in [1.807, 2.05) is 12.1 Å². The van der Waals surface area contributed by atoms with Crippen LogP contribution in [0, 0.1) is 0 Å². The fraction of sp³-hybridized carbons (Fsp3) is 0.167. The van der Waals surface area contributed by atoms with Gasteiger partial charge in [-0.15, -0.1) is 0 Å². The minimum Gasteiger partial charge on any atom is -0.481 e. The monoisotopic (exact) mass is 310 g/mol. The highest BCUT2D eigenvalue weighted by Crippen LogP contribution is 2.25. The first-order chi connectivity index (χ1) is 9.56. The van der Waals surface area contributed by atoms with E-state index >= 15 is 0 Å². The van der Waals surface area contributed by atoms with E-state index in [1.54, 1.807) is 12.1 Å². The van der Waals surface area contributed by atoms with Gasteiger partial charge in [0.05, 0.1) is 22.5 Å². The lowest BCUT2D eigenvalue weighted by Gasteiger charge is -2.07. The number of thioether (sulfide) groups is 2. The number of fused-ring (bicyclic) bond motifs is 1. The number of aromatic nitrogens is 2. The summed E-state index contributed by atoms with van der Waals surface area (Å²) in [5.74, 6) is -0.950. The summed E-state index contributed by atoms with van der Waals surface area (Å²) >= 11 is 1.74. The molecule has 0 unspecified atom stereocenters. The normalized spacial score (nSPS) is 10.6. The Bertz CT molecular complexity index is 606. The van der Waals surface area contributed by atoms with Crippen molar-refractivity contribution in [1.82, 2.24) is 9.97 Å². The molecule has 0 amide bonds. The van der Waals surface area contributed by atoms with Gasteiger partial charge in [0.2, 0.25) is 0 Å². The van der Waals surface area contributed by atoms with E-state index in [1.165, 1.54) is 0 Å². The first kappa shape index (κ1) is 14.6. The van der Waals surface area contributed by atoms with E-state index < -0.39 is 11.3 Å². The van der Waals surface area contributed by atoms with E-state index in [9.17, 15) is 9.59 Å². The first-order valence-electron chi connectivity index (χ1n) is 5.52. The Labute approximate surface area is 122 Å². The molecule has 0 fully saturated rings. The summed E-state index contributed by atoms with van der Waals surface area (Å²) < 4.78 is 0. The summed E-state index contributed by atoms with van der Waals surface area (Å²) in [5.41, 5.74) is 1.81. The van der Waals surface area contributed by atoms with Crippen molar-refractivity contribution in [2.24, 2.45) is 0 Å². The highest BCUT2D eigenvalue weighted by molar-refractivity contribution is 8.12. The van der Waals surface area contributed by atoms with E-state index in [0.29, 0.717) is 33.5 Å². The quantitative estimate of drug-likeness (QED) is 0.813. The lowest BCUT2D eigenvalue weighted by Crippen LogP contribution is -2.02. The van der Waals surface area contributed by atoms with Gasteiger partial charge in [0, 0.05) is 5.75 Å². The predicted octanol–water partition coefficient (Wildman–Crippen LogP) is 2.72. The third kappa shape index (κ3) is 3.84. The van der Waals surface area contributed by atoms with Crippen molar-refractivity contribution in [2.45, 2.75) is 10.8 Å². The van der Waals surface area contributed by atoms with Gasteiger partial charge < -0.3 is 10.2 Å². The maximum Gasteiger partial charge on any atom is 0.365 e. The third-order valence-corrected chi connectivity index (χ3v) is 3.93. The van der Waals surface area contributed by atoms with Crippen molar-refractivity contribution in [3.63, 3.8) is 0 Å². The van der Waals surface area contributed by atoms with Crippen LogP contribution in [0.3, 0.4) is 0 Å². The van der Waals surface area contributed by atoms with Gasteiger partial charge in [0.15, 0.2) is 0 Å². The van der Waals surface area contributed by atoms with Crippen LogP contribution < -0.4 is 0 Å². The van der Waals surface area contributed by atoms with Crippen molar-refractivity contribution in [2.75, 3.05) is 5.75 Å². The van der Waals surface area contributed by atoms with E-state index in [0.717, 1.165) is 11.8 Å². The Morgan fingerprint density at radius 2 is 1.75 bits per heavy atom. The zero-order valence-electron chi connectivity index (χ0n) is 10.1. The number of nitrogens with zero attached hydrogens (tertiary/aromatic N) is 2. The molecule has 2 rings (SSSR count). The Morgan fingerprint density at radius 1 is 1.10 bits per heavy atom. The van der Waals surface area contributed by atoms with Crippen LogP contribution in [0.2, 0.25) is 0 Å². The number of carboxylic acids is 1. The molecule has 104 valence electrons. The van der Waals surface area contributed by atoms with E-state index in [-0.39, 0.29) is 11.5 Å². The average molecular weight is 310 g/mol. The summed E-state index contributed by atoms with van der Waals surface area (Å²) in [4.78, 5) is 30.0. The van der Waals surface area contributed by atoms with Crippen molar-refractivity contribution >= 4 is 45.8 Å². The van der Waals surface area contributed by atoms with Gasteiger partial charge in [0.1, 0.15) is 5.03 Å². The zero-order valence-corrected chi connectivity index (χ0v) is 11.8. The van der Waals surface area contributed by atoms with Gasteiger partial charge in [-0.1, -0.05) is 23.9 Å². The van der Waals surface area contributed by atoms with Crippen LogP contribution in [-0.4, -0.2) is 37.2 Å². The second-order valence-electron chi connectivity index (χ2n) is 3.70. The molecular weight excluding hydrogens is 300 g/mol. The number of hydrogen-bond acceptors (Lipinski definition) is 6. The maximum absolute atomic E-state index is 10.6. The summed E-state index contributed by atoms with van der Waals surface area (Å²) in [5, 5.41) is 16.9. The zero-order chi connectivity index (χ0) is 14.5. The number of para-hydroxylation sites is 2. The topological polar surface area (TPSA) is 100 Å². The fourth-order valence-corrected chi connectivity index (χ4v) is 2.75. The molecule has 0 aliphatic heterocycles. The first-order valence-corrected chi connectivity index (χ1v) is 7.49. The molecule has 1 aromatic carbocycles. The Hall–Kier alpha value is -1.80. The minimum absolute atomic E-state index is 0.141. The summed E-state index contributed by atoms with van der Waals surface area (Å²) in [6.07, 6.45) is 0. The number of carbonyl (C=O) groups is 2. The van der Waals surface area contributed by atoms with Crippen LogP contribution >= 0.6 is 23.5 Å². The highest BCUT2D eigenvalue weighted by Gasteiger charge is 2.12. The molecule has 0 saturated carbocycles. The molecule has 0 radical (unpaired) electrons. The number of carboxylic acid groups (broad SMARTS) is 2. The third-order valence-electron chi connectivity index (χ3n) is 2.27. The van der Waals surface area contributed by atoms with Crippen LogP contribution in [0.25, 0.3) is 11.0 Å². The minimum atomic E-state index is -1.01. The van der Waals surface area contributed by atoms with Crippen LogP contribution in [0.15, 0.2) is 29.3 Å². The highest BCUT2D eigenvalue weighted by atomic mass is 32.2. The molecule has 20 heavy (non-hydrogen) atoms. The van der Waals surface area contributed by atoms with Crippen LogP contribution in [-0.2, 0) is 10.5 Å². The molecule has 0 aliphatic rings. The van der Waals surface area contributed by atoms with Gasteiger partial charge in [-0.2, -0.15) is 0 Å². The number of rotatable bonds is 5. The van der Waals surface area contributed by atoms with Gasteiger partial charge in [-0.25, -0.2) is 14.8 Å². The molecule has 2 aromatic rings. The van der Waals surface area contributed by atoms with Gasteiger partial charge in [-0.05, 0) is 23.9 Å². The van der Waals surface area contributed by atoms with Crippen LogP contribution in [0.4, 0.5) is 4.79 Å². The fourth-order valence-electron chi connectivity index (χ4n) is 1.49. The Balaban J connectivity index is 2.35. The second kappa shape index (κ2) is 6.58. The smallest absolute Gasteiger partial charge is 0.365 e. The molecule has 8 heteroatoms.